The summed E-state index contributed by atoms with van der Waals surface area (Å²) in [7, 11) is 0. The van der Waals surface area contributed by atoms with Gasteiger partial charge in [0.2, 0.25) is 5.89 Å². The molecule has 0 radical (unpaired) electrons. The molecule has 2 N–H and O–H groups in total. The van der Waals surface area contributed by atoms with E-state index in [-0.39, 0.29) is 23.5 Å². The van der Waals surface area contributed by atoms with Crippen LogP contribution in [-0.2, 0) is 6.54 Å². The molecule has 9 nitrogen and oxygen atoms in total. The smallest absolute Gasteiger partial charge is 0.335 e. The number of aryl methyl sites for hydroxylation is 1. The van der Waals surface area contributed by atoms with Gasteiger partial charge < -0.3 is 14.9 Å². The standard InChI is InChI=1S/C11H10N4O5/c1-6-13-10(14-20-6)5-12-8-4-7(11(16)17)2-3-9(8)15(18)19/h2-4,12H,5H2,1H3,(H,16,17). The maximum Gasteiger partial charge on any atom is 0.335 e. The number of nitro groups is 1. The summed E-state index contributed by atoms with van der Waals surface area (Å²) in [5.41, 5.74) is -0.199. The molecule has 0 fully saturated rings. The number of carbonyl (C=O) groups is 1. The fourth-order valence-corrected chi connectivity index (χ4v) is 1.56. The van der Waals surface area contributed by atoms with Gasteiger partial charge in [-0.2, -0.15) is 4.98 Å². The van der Waals surface area contributed by atoms with Crippen molar-refractivity contribution in [3.05, 3.63) is 45.6 Å². The van der Waals surface area contributed by atoms with E-state index in [2.05, 4.69) is 15.5 Å². The first kappa shape index (κ1) is 13.5. The molecular formula is C11H10N4O5. The second kappa shape index (κ2) is 5.34. The van der Waals surface area contributed by atoms with Crippen LogP contribution in [0.4, 0.5) is 11.4 Å². The van der Waals surface area contributed by atoms with E-state index in [1.165, 1.54) is 12.1 Å². The third kappa shape index (κ3) is 2.88. The zero-order valence-corrected chi connectivity index (χ0v) is 10.4. The van der Waals surface area contributed by atoms with E-state index >= 15 is 0 Å². The second-order valence-electron chi connectivity index (χ2n) is 3.88. The van der Waals surface area contributed by atoms with E-state index < -0.39 is 10.9 Å². The molecule has 0 saturated heterocycles. The lowest BCUT2D eigenvalue weighted by molar-refractivity contribution is -0.384. The fourth-order valence-electron chi connectivity index (χ4n) is 1.56. The van der Waals surface area contributed by atoms with Crippen molar-refractivity contribution >= 4 is 17.3 Å². The summed E-state index contributed by atoms with van der Waals surface area (Å²) < 4.78 is 4.76. The normalized spacial score (nSPS) is 10.2. The number of hydrogen-bond acceptors (Lipinski definition) is 7. The minimum atomic E-state index is -1.17. The number of nitro benzene ring substituents is 1. The van der Waals surface area contributed by atoms with Gasteiger partial charge in [-0.05, 0) is 12.1 Å². The first-order valence-electron chi connectivity index (χ1n) is 5.52. The zero-order chi connectivity index (χ0) is 14.7. The number of rotatable bonds is 5. The Kier molecular flexibility index (Phi) is 3.60. The van der Waals surface area contributed by atoms with E-state index in [9.17, 15) is 14.9 Å². The maximum atomic E-state index is 10.9. The molecule has 1 heterocycles. The summed E-state index contributed by atoms with van der Waals surface area (Å²) in [6.45, 7) is 1.70. The Balaban J connectivity index is 2.25. The van der Waals surface area contributed by atoms with Crippen molar-refractivity contribution < 1.29 is 19.3 Å². The number of nitrogens with one attached hydrogen (secondary N) is 1. The van der Waals surface area contributed by atoms with Crippen LogP contribution in [0.2, 0.25) is 0 Å². The predicted octanol–water partition coefficient (Wildman–Crippen LogP) is 1.60. The van der Waals surface area contributed by atoms with Crippen molar-refractivity contribution in [2.75, 3.05) is 5.32 Å². The molecule has 0 bridgehead atoms. The molecule has 0 aliphatic rings. The molecule has 9 heteroatoms. The molecule has 1 aromatic carbocycles. The van der Waals surface area contributed by atoms with Crippen LogP contribution in [0, 0.1) is 17.0 Å². The van der Waals surface area contributed by atoms with Gasteiger partial charge >= 0.3 is 5.97 Å². The topological polar surface area (TPSA) is 131 Å². The van der Waals surface area contributed by atoms with Crippen LogP contribution in [0.1, 0.15) is 22.1 Å². The highest BCUT2D eigenvalue weighted by Crippen LogP contribution is 2.25. The molecule has 0 aliphatic carbocycles. The molecule has 0 spiro atoms. The monoisotopic (exact) mass is 278 g/mol. The summed E-state index contributed by atoms with van der Waals surface area (Å²) in [5, 5.41) is 26.1. The highest BCUT2D eigenvalue weighted by molar-refractivity contribution is 5.90. The number of aromatic carboxylic acids is 1. The molecule has 20 heavy (non-hydrogen) atoms. The van der Waals surface area contributed by atoms with Crippen LogP contribution in [-0.4, -0.2) is 26.1 Å². The third-order valence-electron chi connectivity index (χ3n) is 2.45. The van der Waals surface area contributed by atoms with Gasteiger partial charge in [0, 0.05) is 13.0 Å². The Morgan fingerprint density at radius 2 is 2.30 bits per heavy atom. The molecule has 0 amide bonds. The lowest BCUT2D eigenvalue weighted by Crippen LogP contribution is -2.06. The number of nitrogens with zero attached hydrogens (tertiary/aromatic N) is 3. The van der Waals surface area contributed by atoms with Crippen LogP contribution in [0.5, 0.6) is 0 Å². The summed E-state index contributed by atoms with van der Waals surface area (Å²) >= 11 is 0. The Morgan fingerprint density at radius 1 is 1.55 bits per heavy atom. The van der Waals surface area contributed by atoms with Gasteiger partial charge in [0.1, 0.15) is 5.69 Å². The number of carboxylic acid groups (broad SMARTS) is 1. The number of benzene rings is 1. The molecule has 104 valence electrons. The minimum Gasteiger partial charge on any atom is -0.478 e. The van der Waals surface area contributed by atoms with Crippen LogP contribution >= 0.6 is 0 Å². The fraction of sp³-hybridized carbons (Fsp3) is 0.182. The van der Waals surface area contributed by atoms with E-state index in [0.29, 0.717) is 11.7 Å². The van der Waals surface area contributed by atoms with Crippen molar-refractivity contribution in [1.82, 2.24) is 10.1 Å². The number of aromatic nitrogens is 2. The van der Waals surface area contributed by atoms with Gasteiger partial charge in [-0.3, -0.25) is 10.1 Å². The first-order chi connectivity index (χ1) is 9.47. The largest absolute Gasteiger partial charge is 0.478 e. The van der Waals surface area contributed by atoms with E-state index in [1.54, 1.807) is 6.92 Å². The van der Waals surface area contributed by atoms with Gasteiger partial charge in [0.05, 0.1) is 17.0 Å². The van der Waals surface area contributed by atoms with E-state index in [4.69, 9.17) is 9.63 Å². The predicted molar refractivity (Wildman–Crippen MR) is 66.4 cm³/mol. The van der Waals surface area contributed by atoms with Crippen LogP contribution in [0.3, 0.4) is 0 Å². The lowest BCUT2D eigenvalue weighted by Gasteiger charge is -2.05. The summed E-state index contributed by atoms with van der Waals surface area (Å²) in [5.74, 6) is -0.480. The summed E-state index contributed by atoms with van der Waals surface area (Å²) in [4.78, 5) is 25.1. The van der Waals surface area contributed by atoms with Gasteiger partial charge in [0.25, 0.3) is 5.69 Å². The molecule has 0 aliphatic heterocycles. The SMILES string of the molecule is Cc1nc(CNc2cc(C(=O)O)ccc2[N+](=O)[O-])no1. The molecule has 0 unspecified atom stereocenters. The van der Waals surface area contributed by atoms with Gasteiger partial charge in [-0.25, -0.2) is 4.79 Å². The maximum absolute atomic E-state index is 10.9. The van der Waals surface area contributed by atoms with Crippen molar-refractivity contribution in [2.24, 2.45) is 0 Å². The van der Waals surface area contributed by atoms with Crippen molar-refractivity contribution in [2.45, 2.75) is 13.5 Å². The quantitative estimate of drug-likeness (QED) is 0.622. The molecule has 0 saturated carbocycles. The van der Waals surface area contributed by atoms with E-state index in [1.807, 2.05) is 0 Å². The highest BCUT2D eigenvalue weighted by atomic mass is 16.6. The summed E-state index contributed by atoms with van der Waals surface area (Å²) in [6, 6.07) is 3.49. The number of anilines is 1. The molecule has 1 aromatic heterocycles. The van der Waals surface area contributed by atoms with Crippen molar-refractivity contribution in [3.8, 4) is 0 Å². The average molecular weight is 278 g/mol. The van der Waals surface area contributed by atoms with Crippen molar-refractivity contribution in [1.29, 1.82) is 0 Å². The Bertz CT molecular complexity index is 667. The summed E-state index contributed by atoms with van der Waals surface area (Å²) in [6.07, 6.45) is 0. The first-order valence-corrected chi connectivity index (χ1v) is 5.52. The highest BCUT2D eigenvalue weighted by Gasteiger charge is 2.17. The zero-order valence-electron chi connectivity index (χ0n) is 10.4. The van der Waals surface area contributed by atoms with Crippen LogP contribution < -0.4 is 5.32 Å². The Labute approximate surface area is 112 Å². The Morgan fingerprint density at radius 3 is 2.85 bits per heavy atom. The molecule has 2 aromatic rings. The minimum absolute atomic E-state index is 0.0533. The number of hydrogen-bond donors (Lipinski definition) is 2. The van der Waals surface area contributed by atoms with Gasteiger partial charge in [-0.1, -0.05) is 5.16 Å². The lowest BCUT2D eigenvalue weighted by atomic mass is 10.1. The van der Waals surface area contributed by atoms with Crippen LogP contribution in [0.15, 0.2) is 22.7 Å². The molecular weight excluding hydrogens is 268 g/mol. The Hall–Kier alpha value is -2.97. The number of carboxylic acids is 1. The molecule has 2 rings (SSSR count). The average Bonchev–Trinajstić information content (AvgIpc) is 2.81. The van der Waals surface area contributed by atoms with E-state index in [0.717, 1.165) is 6.07 Å². The van der Waals surface area contributed by atoms with Crippen molar-refractivity contribution in [3.63, 3.8) is 0 Å². The second-order valence-corrected chi connectivity index (χ2v) is 3.88. The van der Waals surface area contributed by atoms with Gasteiger partial charge in [-0.15, -0.1) is 0 Å². The third-order valence-corrected chi connectivity index (χ3v) is 2.45. The van der Waals surface area contributed by atoms with Gasteiger partial charge in [0.15, 0.2) is 5.82 Å². The molecule has 0 atom stereocenters. The van der Waals surface area contributed by atoms with Crippen LogP contribution in [0.25, 0.3) is 0 Å².